The number of fused-ring (bicyclic) bond motifs is 5. The molecule has 43 heavy (non-hydrogen) atoms. The highest BCUT2D eigenvalue weighted by molar-refractivity contribution is 6.06. The van der Waals surface area contributed by atoms with E-state index in [1.807, 2.05) is 39.8 Å². The average molecular weight is 576 g/mol. The van der Waals surface area contributed by atoms with Crippen molar-refractivity contribution in [3.63, 3.8) is 0 Å². The summed E-state index contributed by atoms with van der Waals surface area (Å²) in [5.74, 6) is -1.73. The lowest BCUT2D eigenvalue weighted by Crippen LogP contribution is -2.02. The molecule has 3 aromatic heterocycles. The van der Waals surface area contributed by atoms with Crippen molar-refractivity contribution in [1.29, 1.82) is 0 Å². The van der Waals surface area contributed by atoms with Crippen LogP contribution in [0.5, 0.6) is 0 Å². The van der Waals surface area contributed by atoms with Crippen LogP contribution in [0.25, 0.3) is 46.0 Å². The van der Waals surface area contributed by atoms with Crippen LogP contribution in [0.2, 0.25) is 0 Å². The maximum atomic E-state index is 11.7. The number of aliphatic carboxylic acids is 2. The molecule has 0 radical (unpaired) electrons. The molecule has 3 aromatic rings. The zero-order chi connectivity index (χ0) is 31.2. The summed E-state index contributed by atoms with van der Waals surface area (Å²) in [4.78, 5) is 30.4. The standard InChI is InChI=1S/C36H37N3O4/c1-7-23-18(3)22-13-28-27(15-33-24(8-2)20(5)32(39-33)17-30(23)37)19(4)25(9-11-35(40)41)29(28)16-34-26(10-12-36(42)43)21(6)31(14-22)38-34/h7-8,13-17,38-39H,1-2,9-12,37H2,3-6H3,(H,40,41)(H,42,43)/b22-13?,22-14?,22-18?,23-18-,27-15-,28-13?,29-16?,30-17-,30-23?,31-14?,32-17?,33-15?,34-16?. The van der Waals surface area contributed by atoms with E-state index in [4.69, 9.17) is 5.73 Å². The van der Waals surface area contributed by atoms with Gasteiger partial charge in [0.25, 0.3) is 0 Å². The lowest BCUT2D eigenvalue weighted by atomic mass is 9.94. The van der Waals surface area contributed by atoms with E-state index in [1.165, 1.54) is 0 Å². The Morgan fingerprint density at radius 2 is 1.51 bits per heavy atom. The third-order valence-electron chi connectivity index (χ3n) is 8.79. The first kappa shape index (κ1) is 29.5. The predicted octanol–water partition coefficient (Wildman–Crippen LogP) is 7.80. The highest BCUT2D eigenvalue weighted by atomic mass is 16.4. The summed E-state index contributed by atoms with van der Waals surface area (Å²) in [7, 11) is 0. The maximum Gasteiger partial charge on any atom is 0.303 e. The van der Waals surface area contributed by atoms with Gasteiger partial charge in [-0.15, -0.1) is 0 Å². The fourth-order valence-corrected chi connectivity index (χ4v) is 6.34. The first-order valence-electron chi connectivity index (χ1n) is 14.3. The van der Waals surface area contributed by atoms with E-state index in [1.54, 1.807) is 6.08 Å². The van der Waals surface area contributed by atoms with E-state index in [-0.39, 0.29) is 12.8 Å². The maximum absolute atomic E-state index is 11.7. The first-order chi connectivity index (χ1) is 20.4. The molecule has 5 rings (SSSR count). The molecule has 0 atom stereocenters. The van der Waals surface area contributed by atoms with Gasteiger partial charge < -0.3 is 25.9 Å². The summed E-state index contributed by atoms with van der Waals surface area (Å²) in [5.41, 5.74) is 22.1. The third-order valence-corrected chi connectivity index (χ3v) is 8.79. The molecule has 7 nitrogen and oxygen atoms in total. The predicted molar refractivity (Wildman–Crippen MR) is 176 cm³/mol. The summed E-state index contributed by atoms with van der Waals surface area (Å²) in [6.45, 7) is 16.2. The molecule has 6 N–H and O–H groups in total. The van der Waals surface area contributed by atoms with Gasteiger partial charge in [-0.1, -0.05) is 25.3 Å². The Balaban J connectivity index is 1.99. The number of hydrogen-bond acceptors (Lipinski definition) is 3. The number of carboxylic acids is 2. The summed E-state index contributed by atoms with van der Waals surface area (Å²) in [6.07, 6.45) is 8.33. The second kappa shape index (κ2) is 11.3. The topological polar surface area (TPSA) is 132 Å². The minimum Gasteiger partial charge on any atom is -0.481 e. The van der Waals surface area contributed by atoms with E-state index >= 15 is 0 Å². The fraction of sp³-hybridized carbons (Fsp3) is 0.222. The van der Waals surface area contributed by atoms with Gasteiger partial charge in [0.15, 0.2) is 0 Å². The number of allylic oxidation sites excluding steroid dienone is 5. The van der Waals surface area contributed by atoms with E-state index in [9.17, 15) is 19.8 Å². The van der Waals surface area contributed by atoms with E-state index in [0.29, 0.717) is 18.5 Å². The van der Waals surface area contributed by atoms with Gasteiger partial charge in [0.1, 0.15) is 0 Å². The number of aromatic nitrogens is 2. The Kier molecular flexibility index (Phi) is 7.76. The van der Waals surface area contributed by atoms with Crippen molar-refractivity contribution >= 4 is 57.9 Å². The number of aromatic amines is 2. The van der Waals surface area contributed by atoms with Crippen LogP contribution in [0.1, 0.15) is 83.4 Å². The van der Waals surface area contributed by atoms with Crippen LogP contribution in [0, 0.1) is 13.8 Å². The summed E-state index contributed by atoms with van der Waals surface area (Å²) in [6, 6.07) is 6.29. The van der Waals surface area contributed by atoms with Crippen LogP contribution < -0.4 is 5.73 Å². The first-order valence-corrected chi connectivity index (χ1v) is 14.3. The van der Waals surface area contributed by atoms with Gasteiger partial charge in [0.05, 0.1) is 0 Å². The molecule has 7 heteroatoms. The molecule has 6 bridgehead atoms. The Morgan fingerprint density at radius 3 is 2.16 bits per heavy atom. The van der Waals surface area contributed by atoms with Gasteiger partial charge in [-0.05, 0) is 127 Å². The molecular weight excluding hydrogens is 538 g/mol. The number of carbonyl (C=O) groups is 2. The number of rotatable bonds is 8. The quantitative estimate of drug-likeness (QED) is 0.187. The van der Waals surface area contributed by atoms with Crippen LogP contribution in [-0.2, 0) is 16.0 Å². The molecule has 0 spiro atoms. The van der Waals surface area contributed by atoms with E-state index in [2.05, 4.69) is 47.4 Å². The molecule has 0 aromatic carbocycles. The number of hydrogen-bond donors (Lipinski definition) is 5. The van der Waals surface area contributed by atoms with Crippen molar-refractivity contribution in [1.82, 2.24) is 9.97 Å². The molecule has 0 fully saturated rings. The zero-order valence-corrected chi connectivity index (χ0v) is 25.1. The fourth-order valence-electron chi connectivity index (χ4n) is 6.34. The van der Waals surface area contributed by atoms with Gasteiger partial charge in [-0.25, -0.2) is 0 Å². The van der Waals surface area contributed by atoms with E-state index in [0.717, 1.165) is 89.2 Å². The van der Waals surface area contributed by atoms with Crippen LogP contribution in [0.4, 0.5) is 0 Å². The van der Waals surface area contributed by atoms with Crippen LogP contribution in [0.3, 0.4) is 0 Å². The molecule has 0 saturated carbocycles. The second-order valence-corrected chi connectivity index (χ2v) is 11.3. The smallest absolute Gasteiger partial charge is 0.303 e. The van der Waals surface area contributed by atoms with E-state index < -0.39 is 11.9 Å². The Bertz CT molecular complexity index is 1900. The Morgan fingerprint density at radius 1 is 0.814 bits per heavy atom. The van der Waals surface area contributed by atoms with Crippen molar-refractivity contribution < 1.29 is 19.8 Å². The average Bonchev–Trinajstić information content (AvgIpc) is 3.51. The van der Waals surface area contributed by atoms with Gasteiger partial charge >= 0.3 is 11.9 Å². The minimum atomic E-state index is -0.868. The lowest BCUT2D eigenvalue weighted by Gasteiger charge is -2.12. The number of nitrogens with one attached hydrogen (secondary N) is 2. The molecule has 0 saturated heterocycles. The summed E-state index contributed by atoms with van der Waals surface area (Å²) in [5, 5.41) is 19.1. The van der Waals surface area contributed by atoms with Gasteiger partial charge in [0.2, 0.25) is 0 Å². The van der Waals surface area contributed by atoms with Crippen molar-refractivity contribution in [3.05, 3.63) is 105 Å². The third kappa shape index (κ3) is 5.23. The van der Waals surface area contributed by atoms with Crippen molar-refractivity contribution in [2.45, 2.75) is 53.4 Å². The van der Waals surface area contributed by atoms with Crippen LogP contribution >= 0.6 is 0 Å². The lowest BCUT2D eigenvalue weighted by molar-refractivity contribution is -0.137. The normalized spacial score (nSPS) is 18.3. The SMILES string of the molecule is C=CC1=C(\C)c2cc3c(cc4[nH]c(c2)c(C)c4CCC(=O)O)C(CCC(=O)O)=C(C)/C3=C/c2[nH]c(c(C)c2C=C)\C=C\1N. The number of nitrogens with two attached hydrogens (primary N) is 1. The summed E-state index contributed by atoms with van der Waals surface area (Å²) < 4.78 is 0. The van der Waals surface area contributed by atoms with Crippen molar-refractivity contribution in [2.75, 3.05) is 0 Å². The number of H-pyrrole nitrogens is 2. The number of aryl methyl sites for hydroxylation is 2. The monoisotopic (exact) mass is 575 g/mol. The molecule has 2 aliphatic rings. The second-order valence-electron chi connectivity index (χ2n) is 11.3. The summed E-state index contributed by atoms with van der Waals surface area (Å²) >= 11 is 0. The largest absolute Gasteiger partial charge is 0.481 e. The highest BCUT2D eigenvalue weighted by Crippen LogP contribution is 2.46. The van der Waals surface area contributed by atoms with Crippen LogP contribution in [-0.4, -0.2) is 32.1 Å². The van der Waals surface area contributed by atoms with Crippen LogP contribution in [0.15, 0.2) is 54.3 Å². The Labute approximate surface area is 251 Å². The molecule has 0 unspecified atom stereocenters. The molecule has 1 aliphatic carbocycles. The molecule has 220 valence electrons. The molecule has 0 amide bonds. The zero-order valence-electron chi connectivity index (χ0n) is 25.1. The minimum absolute atomic E-state index is 0.000818. The highest BCUT2D eigenvalue weighted by Gasteiger charge is 2.26. The van der Waals surface area contributed by atoms with Crippen molar-refractivity contribution in [3.8, 4) is 0 Å². The Hall–Kier alpha value is -5.04. The number of carboxylic acid groups (broad SMARTS) is 2. The van der Waals surface area contributed by atoms with Gasteiger partial charge in [0, 0.05) is 52.1 Å². The molecular formula is C36H37N3O4. The van der Waals surface area contributed by atoms with Gasteiger partial charge in [-0.2, -0.15) is 0 Å². The van der Waals surface area contributed by atoms with Gasteiger partial charge in [-0.3, -0.25) is 9.59 Å². The van der Waals surface area contributed by atoms with Crippen molar-refractivity contribution in [2.24, 2.45) is 5.73 Å². The molecule has 4 heterocycles. The molecule has 1 aliphatic heterocycles.